The molecule has 3 rings (SSSR count). The van der Waals surface area contributed by atoms with Crippen molar-refractivity contribution in [1.29, 1.82) is 0 Å². The summed E-state index contributed by atoms with van der Waals surface area (Å²) in [6, 6.07) is 3.94. The van der Waals surface area contributed by atoms with Crippen LogP contribution in [-0.4, -0.2) is 73.1 Å². The molecule has 0 unspecified atom stereocenters. The maximum absolute atomic E-state index is 12.4. The van der Waals surface area contributed by atoms with E-state index in [-0.39, 0.29) is 11.3 Å². The molecule has 0 atom stereocenters. The SMILES string of the molecule is CN(C)S(=O)(=O)N1CCC2(CCC(=O)N(CCc3cccnc3)C2)CC1. The van der Waals surface area contributed by atoms with E-state index in [0.717, 1.165) is 37.8 Å². The van der Waals surface area contributed by atoms with Gasteiger partial charge >= 0.3 is 0 Å². The summed E-state index contributed by atoms with van der Waals surface area (Å²) in [5, 5.41) is 0. The number of amides is 1. The Labute approximate surface area is 156 Å². The first-order valence-electron chi connectivity index (χ1n) is 9.17. The van der Waals surface area contributed by atoms with Crippen molar-refractivity contribution in [1.82, 2.24) is 18.5 Å². The topological polar surface area (TPSA) is 73.8 Å². The Hall–Kier alpha value is -1.51. The molecule has 1 spiro atoms. The van der Waals surface area contributed by atoms with Gasteiger partial charge in [0.15, 0.2) is 0 Å². The molecule has 0 aliphatic carbocycles. The fourth-order valence-electron chi connectivity index (χ4n) is 3.95. The van der Waals surface area contributed by atoms with Gasteiger partial charge in [-0.15, -0.1) is 0 Å². The van der Waals surface area contributed by atoms with Crippen molar-refractivity contribution in [2.75, 3.05) is 40.3 Å². The molecule has 0 saturated carbocycles. The summed E-state index contributed by atoms with van der Waals surface area (Å²) in [4.78, 5) is 18.4. The van der Waals surface area contributed by atoms with Crippen molar-refractivity contribution in [2.45, 2.75) is 32.1 Å². The number of nitrogens with zero attached hydrogens (tertiary/aromatic N) is 4. The van der Waals surface area contributed by atoms with Gasteiger partial charge in [0.05, 0.1) is 0 Å². The summed E-state index contributed by atoms with van der Waals surface area (Å²) in [5.41, 5.74) is 1.19. The first-order valence-corrected chi connectivity index (χ1v) is 10.6. The van der Waals surface area contributed by atoms with Crippen LogP contribution < -0.4 is 0 Å². The summed E-state index contributed by atoms with van der Waals surface area (Å²) >= 11 is 0. The van der Waals surface area contributed by atoms with E-state index in [9.17, 15) is 13.2 Å². The lowest BCUT2D eigenvalue weighted by Crippen LogP contribution is -2.53. The average molecular weight is 381 g/mol. The van der Waals surface area contributed by atoms with Crippen molar-refractivity contribution in [2.24, 2.45) is 5.41 Å². The molecule has 2 aliphatic heterocycles. The molecule has 0 radical (unpaired) electrons. The van der Waals surface area contributed by atoms with Crippen LogP contribution in [0.1, 0.15) is 31.2 Å². The second-order valence-electron chi connectivity index (χ2n) is 7.62. The number of pyridine rings is 1. The molecule has 8 heteroatoms. The molecular weight excluding hydrogens is 352 g/mol. The summed E-state index contributed by atoms with van der Waals surface area (Å²) < 4.78 is 27.5. The minimum atomic E-state index is -3.35. The van der Waals surface area contributed by atoms with Crippen molar-refractivity contribution in [3.8, 4) is 0 Å². The normalized spacial score (nSPS) is 21.5. The Morgan fingerprint density at radius 2 is 1.96 bits per heavy atom. The minimum Gasteiger partial charge on any atom is -0.342 e. The molecule has 0 aromatic carbocycles. The standard InChI is InChI=1S/C18H28N4O3S/c1-20(2)26(24,25)22-12-8-18(9-13-22)7-5-17(23)21(15-18)11-6-16-4-3-10-19-14-16/h3-4,10,14H,5-9,11-13,15H2,1-2H3. The van der Waals surface area contributed by atoms with Crippen LogP contribution in [0.3, 0.4) is 0 Å². The lowest BCUT2D eigenvalue weighted by molar-refractivity contribution is -0.138. The van der Waals surface area contributed by atoms with Gasteiger partial charge in [0, 0.05) is 59.1 Å². The Morgan fingerprint density at radius 3 is 2.58 bits per heavy atom. The number of rotatable bonds is 5. The number of aromatic nitrogens is 1. The van der Waals surface area contributed by atoms with Gasteiger partial charge in [0.1, 0.15) is 0 Å². The molecule has 1 amide bonds. The monoisotopic (exact) mass is 380 g/mol. The van der Waals surface area contributed by atoms with Crippen LogP contribution in [0, 0.1) is 5.41 Å². The number of hydrogen-bond donors (Lipinski definition) is 0. The van der Waals surface area contributed by atoms with E-state index in [4.69, 9.17) is 0 Å². The first-order chi connectivity index (χ1) is 12.3. The van der Waals surface area contributed by atoms with Crippen LogP contribution in [0.15, 0.2) is 24.5 Å². The molecule has 0 bridgehead atoms. The van der Waals surface area contributed by atoms with E-state index in [1.165, 1.54) is 4.31 Å². The van der Waals surface area contributed by atoms with Gasteiger partial charge in [-0.1, -0.05) is 6.07 Å². The quantitative estimate of drug-likeness (QED) is 0.768. The summed E-state index contributed by atoms with van der Waals surface area (Å²) in [6.45, 7) is 2.50. The van der Waals surface area contributed by atoms with Crippen LogP contribution >= 0.6 is 0 Å². The average Bonchev–Trinajstić information content (AvgIpc) is 2.64. The maximum Gasteiger partial charge on any atom is 0.281 e. The number of piperidine rings is 2. The zero-order valence-electron chi connectivity index (χ0n) is 15.6. The molecular formula is C18H28N4O3S. The highest BCUT2D eigenvalue weighted by Crippen LogP contribution is 2.40. The van der Waals surface area contributed by atoms with Crippen LogP contribution in [0.2, 0.25) is 0 Å². The summed E-state index contributed by atoms with van der Waals surface area (Å²) in [5.74, 6) is 0.211. The largest absolute Gasteiger partial charge is 0.342 e. The molecule has 2 aliphatic rings. The summed E-state index contributed by atoms with van der Waals surface area (Å²) in [7, 11) is -0.209. The van der Waals surface area contributed by atoms with E-state index >= 15 is 0 Å². The van der Waals surface area contributed by atoms with E-state index in [2.05, 4.69) is 4.98 Å². The van der Waals surface area contributed by atoms with Gasteiger partial charge < -0.3 is 4.90 Å². The first kappa shape index (κ1) is 19.3. The van der Waals surface area contributed by atoms with Crippen molar-refractivity contribution in [3.05, 3.63) is 30.1 Å². The Kier molecular flexibility index (Phi) is 5.64. The Balaban J connectivity index is 1.60. The van der Waals surface area contributed by atoms with Gasteiger partial charge in [0.2, 0.25) is 5.91 Å². The smallest absolute Gasteiger partial charge is 0.281 e. The third-order valence-corrected chi connectivity index (χ3v) is 7.65. The fourth-order valence-corrected chi connectivity index (χ4v) is 5.05. The predicted molar refractivity (Wildman–Crippen MR) is 99.6 cm³/mol. The molecule has 2 fully saturated rings. The van der Waals surface area contributed by atoms with Crippen LogP contribution in [0.5, 0.6) is 0 Å². The predicted octanol–water partition coefficient (Wildman–Crippen LogP) is 1.14. The minimum absolute atomic E-state index is 0.0567. The van der Waals surface area contributed by atoms with Crippen molar-refractivity contribution >= 4 is 16.1 Å². The third-order valence-electron chi connectivity index (χ3n) is 5.71. The van der Waals surface area contributed by atoms with Gasteiger partial charge in [0.25, 0.3) is 10.2 Å². The highest BCUT2D eigenvalue weighted by atomic mass is 32.2. The zero-order valence-corrected chi connectivity index (χ0v) is 16.4. The Bertz CT molecular complexity index is 728. The van der Waals surface area contributed by atoms with Crippen LogP contribution in [0.25, 0.3) is 0 Å². The molecule has 144 valence electrons. The molecule has 0 N–H and O–H groups in total. The van der Waals surface area contributed by atoms with Crippen LogP contribution in [-0.2, 0) is 21.4 Å². The second kappa shape index (κ2) is 7.62. The number of carbonyl (C=O) groups excluding carboxylic acids is 1. The van der Waals surface area contributed by atoms with Crippen molar-refractivity contribution < 1.29 is 13.2 Å². The Morgan fingerprint density at radius 1 is 1.23 bits per heavy atom. The second-order valence-corrected chi connectivity index (χ2v) is 9.76. The molecule has 3 heterocycles. The fraction of sp³-hybridized carbons (Fsp3) is 0.667. The van der Waals surface area contributed by atoms with E-state index < -0.39 is 10.2 Å². The highest BCUT2D eigenvalue weighted by Gasteiger charge is 2.43. The van der Waals surface area contributed by atoms with Crippen molar-refractivity contribution in [3.63, 3.8) is 0 Å². The number of carbonyl (C=O) groups is 1. The highest BCUT2D eigenvalue weighted by molar-refractivity contribution is 7.86. The molecule has 7 nitrogen and oxygen atoms in total. The molecule has 1 aromatic rings. The zero-order chi connectivity index (χ0) is 18.8. The van der Waals surface area contributed by atoms with E-state index in [0.29, 0.717) is 26.1 Å². The number of likely N-dealkylation sites (tertiary alicyclic amines) is 1. The molecule has 1 aromatic heterocycles. The van der Waals surface area contributed by atoms with Crippen LogP contribution in [0.4, 0.5) is 0 Å². The molecule has 2 saturated heterocycles. The lowest BCUT2D eigenvalue weighted by atomic mass is 9.72. The maximum atomic E-state index is 12.4. The lowest BCUT2D eigenvalue weighted by Gasteiger charge is -2.47. The van der Waals surface area contributed by atoms with Gasteiger partial charge in [-0.2, -0.15) is 17.0 Å². The van der Waals surface area contributed by atoms with Gasteiger partial charge in [-0.05, 0) is 42.7 Å². The van der Waals surface area contributed by atoms with Gasteiger partial charge in [-0.25, -0.2) is 0 Å². The van der Waals surface area contributed by atoms with E-state index in [1.807, 2.05) is 23.2 Å². The third kappa shape index (κ3) is 4.07. The number of hydrogen-bond acceptors (Lipinski definition) is 4. The summed E-state index contributed by atoms with van der Waals surface area (Å²) in [6.07, 6.45) is 7.46. The van der Waals surface area contributed by atoms with E-state index in [1.54, 1.807) is 24.6 Å². The van der Waals surface area contributed by atoms with Gasteiger partial charge in [-0.3, -0.25) is 9.78 Å². The molecule has 26 heavy (non-hydrogen) atoms.